The summed E-state index contributed by atoms with van der Waals surface area (Å²) in [6, 6.07) is 13.6. The van der Waals surface area contributed by atoms with Gasteiger partial charge >= 0.3 is 0 Å². The van der Waals surface area contributed by atoms with Crippen molar-refractivity contribution in [2.45, 2.75) is 18.9 Å². The van der Waals surface area contributed by atoms with Crippen LogP contribution in [0.25, 0.3) is 0 Å². The number of nitrogens with zero attached hydrogens (tertiary/aromatic N) is 1. The first-order valence-corrected chi connectivity index (χ1v) is 8.19. The second kappa shape index (κ2) is 6.41. The fourth-order valence-electron chi connectivity index (χ4n) is 2.90. The lowest BCUT2D eigenvalue weighted by Crippen LogP contribution is -2.39. The van der Waals surface area contributed by atoms with Crippen LogP contribution >= 0.6 is 11.3 Å². The molecule has 1 aromatic carbocycles. The van der Waals surface area contributed by atoms with Gasteiger partial charge in [-0.15, -0.1) is 11.3 Å². The van der Waals surface area contributed by atoms with Gasteiger partial charge in [0.1, 0.15) is 0 Å². The first kappa shape index (κ1) is 14.3. The van der Waals surface area contributed by atoms with Crippen LogP contribution in [-0.4, -0.2) is 29.0 Å². The lowest BCUT2D eigenvalue weighted by atomic mass is 9.87. The highest BCUT2D eigenvalue weighted by atomic mass is 32.1. The molecule has 4 heteroatoms. The van der Waals surface area contributed by atoms with Gasteiger partial charge in [0.2, 0.25) is 0 Å². The largest absolute Gasteiger partial charge is 0.388 e. The van der Waals surface area contributed by atoms with Gasteiger partial charge in [-0.3, -0.25) is 4.79 Å². The van der Waals surface area contributed by atoms with Gasteiger partial charge in [0, 0.05) is 13.1 Å². The Kier molecular flexibility index (Phi) is 4.36. The lowest BCUT2D eigenvalue weighted by Gasteiger charge is -2.34. The van der Waals surface area contributed by atoms with Crippen LogP contribution in [0.1, 0.15) is 34.2 Å². The van der Waals surface area contributed by atoms with E-state index in [0.717, 1.165) is 36.4 Å². The average molecular weight is 301 g/mol. The normalized spacial score (nSPS) is 17.7. The predicted octanol–water partition coefficient (Wildman–Crippen LogP) is 3.33. The van der Waals surface area contributed by atoms with Crippen LogP contribution < -0.4 is 0 Å². The number of carbonyl (C=O) groups excluding carboxylic acids is 1. The summed E-state index contributed by atoms with van der Waals surface area (Å²) in [5.74, 6) is 0.359. The average Bonchev–Trinajstić information content (AvgIpc) is 3.09. The smallest absolute Gasteiger partial charge is 0.263 e. The topological polar surface area (TPSA) is 40.5 Å². The summed E-state index contributed by atoms with van der Waals surface area (Å²) in [7, 11) is 0. The molecule has 1 N–H and O–H groups in total. The predicted molar refractivity (Wildman–Crippen MR) is 84.3 cm³/mol. The Labute approximate surface area is 128 Å². The van der Waals surface area contributed by atoms with Crippen molar-refractivity contribution >= 4 is 17.2 Å². The summed E-state index contributed by atoms with van der Waals surface area (Å²) in [4.78, 5) is 15.0. The van der Waals surface area contributed by atoms with Crippen molar-refractivity contribution in [1.82, 2.24) is 4.90 Å². The van der Waals surface area contributed by atoms with Crippen LogP contribution in [0.4, 0.5) is 0 Å². The minimum absolute atomic E-state index is 0.123. The third-order valence-electron chi connectivity index (χ3n) is 4.15. The molecule has 1 aromatic heterocycles. The molecule has 0 aliphatic carbocycles. The number of aliphatic hydroxyl groups excluding tert-OH is 1. The zero-order valence-electron chi connectivity index (χ0n) is 11.8. The Morgan fingerprint density at radius 1 is 1.14 bits per heavy atom. The number of hydrogen-bond acceptors (Lipinski definition) is 3. The maximum Gasteiger partial charge on any atom is 0.263 e. The first-order valence-electron chi connectivity index (χ1n) is 7.31. The number of aliphatic hydroxyl groups is 1. The number of benzene rings is 1. The first-order chi connectivity index (χ1) is 10.3. The second-order valence-corrected chi connectivity index (χ2v) is 6.41. The van der Waals surface area contributed by atoms with Crippen molar-refractivity contribution in [3.63, 3.8) is 0 Å². The Morgan fingerprint density at radius 2 is 1.86 bits per heavy atom. The summed E-state index contributed by atoms with van der Waals surface area (Å²) in [5.41, 5.74) is 0.973. The molecule has 1 amide bonds. The molecule has 0 spiro atoms. The number of likely N-dealkylation sites (tertiary alicyclic amines) is 1. The van der Waals surface area contributed by atoms with Gasteiger partial charge in [0.05, 0.1) is 11.0 Å². The SMILES string of the molecule is O=C(c1cccs1)N1CCC(C(O)c2ccccc2)CC1. The van der Waals surface area contributed by atoms with E-state index in [0.29, 0.717) is 0 Å². The molecule has 0 radical (unpaired) electrons. The molecule has 2 heterocycles. The molecule has 1 aliphatic rings. The molecule has 0 bridgehead atoms. The fourth-order valence-corrected chi connectivity index (χ4v) is 3.59. The van der Waals surface area contributed by atoms with Gasteiger partial charge in [-0.1, -0.05) is 36.4 Å². The molecule has 21 heavy (non-hydrogen) atoms. The minimum Gasteiger partial charge on any atom is -0.388 e. The number of carbonyl (C=O) groups is 1. The number of piperidine rings is 1. The number of hydrogen-bond donors (Lipinski definition) is 1. The number of amides is 1. The van der Waals surface area contributed by atoms with Gasteiger partial charge in [0.25, 0.3) is 5.91 Å². The molecular formula is C17H19NO2S. The molecule has 0 saturated carbocycles. The Bertz CT molecular complexity index is 574. The van der Waals surface area contributed by atoms with E-state index in [1.54, 1.807) is 0 Å². The minimum atomic E-state index is -0.426. The summed E-state index contributed by atoms with van der Waals surface area (Å²) < 4.78 is 0. The van der Waals surface area contributed by atoms with Gasteiger partial charge in [0.15, 0.2) is 0 Å². The molecule has 1 fully saturated rings. The molecule has 3 nitrogen and oxygen atoms in total. The lowest BCUT2D eigenvalue weighted by molar-refractivity contribution is 0.0465. The maximum absolute atomic E-state index is 12.3. The maximum atomic E-state index is 12.3. The van der Waals surface area contributed by atoms with E-state index in [2.05, 4.69) is 0 Å². The van der Waals surface area contributed by atoms with E-state index in [9.17, 15) is 9.90 Å². The van der Waals surface area contributed by atoms with E-state index < -0.39 is 6.10 Å². The molecule has 3 rings (SSSR count). The van der Waals surface area contributed by atoms with E-state index >= 15 is 0 Å². The summed E-state index contributed by atoms with van der Waals surface area (Å²) in [6.07, 6.45) is 1.28. The Morgan fingerprint density at radius 3 is 2.48 bits per heavy atom. The van der Waals surface area contributed by atoms with Crippen LogP contribution in [0.3, 0.4) is 0 Å². The summed E-state index contributed by atoms with van der Waals surface area (Å²) >= 11 is 1.49. The highest BCUT2D eigenvalue weighted by molar-refractivity contribution is 7.12. The van der Waals surface area contributed by atoms with Crippen LogP contribution in [0.5, 0.6) is 0 Å². The molecule has 1 atom stereocenters. The van der Waals surface area contributed by atoms with Crippen LogP contribution in [-0.2, 0) is 0 Å². The number of thiophene rings is 1. The van der Waals surface area contributed by atoms with Crippen LogP contribution in [0.15, 0.2) is 47.8 Å². The highest BCUT2D eigenvalue weighted by Crippen LogP contribution is 2.31. The third-order valence-corrected chi connectivity index (χ3v) is 5.00. The van der Waals surface area contributed by atoms with Crippen molar-refractivity contribution in [1.29, 1.82) is 0 Å². The standard InChI is InChI=1S/C17H19NO2S/c19-16(13-5-2-1-3-6-13)14-8-10-18(11-9-14)17(20)15-7-4-12-21-15/h1-7,12,14,16,19H,8-11H2. The van der Waals surface area contributed by atoms with Crippen molar-refractivity contribution in [3.8, 4) is 0 Å². The second-order valence-electron chi connectivity index (χ2n) is 5.46. The van der Waals surface area contributed by atoms with Crippen molar-refractivity contribution in [3.05, 3.63) is 58.3 Å². The van der Waals surface area contributed by atoms with Crippen LogP contribution in [0, 0.1) is 5.92 Å². The monoisotopic (exact) mass is 301 g/mol. The van der Waals surface area contributed by atoms with Crippen molar-refractivity contribution < 1.29 is 9.90 Å². The van der Waals surface area contributed by atoms with Gasteiger partial charge in [-0.2, -0.15) is 0 Å². The van der Waals surface area contributed by atoms with E-state index in [-0.39, 0.29) is 11.8 Å². The molecule has 1 saturated heterocycles. The highest BCUT2D eigenvalue weighted by Gasteiger charge is 2.28. The molecule has 1 aliphatic heterocycles. The summed E-state index contributed by atoms with van der Waals surface area (Å²) in [6.45, 7) is 1.45. The van der Waals surface area contributed by atoms with E-state index in [1.807, 2.05) is 52.7 Å². The summed E-state index contributed by atoms with van der Waals surface area (Å²) in [5, 5.41) is 12.4. The molecule has 1 unspecified atom stereocenters. The quantitative estimate of drug-likeness (QED) is 0.944. The van der Waals surface area contributed by atoms with Gasteiger partial charge in [-0.25, -0.2) is 0 Å². The zero-order chi connectivity index (χ0) is 14.7. The van der Waals surface area contributed by atoms with Crippen LogP contribution in [0.2, 0.25) is 0 Å². The van der Waals surface area contributed by atoms with Crippen molar-refractivity contribution in [2.24, 2.45) is 5.92 Å². The van der Waals surface area contributed by atoms with Crippen molar-refractivity contribution in [2.75, 3.05) is 13.1 Å². The van der Waals surface area contributed by atoms with Gasteiger partial charge in [-0.05, 0) is 35.8 Å². The van der Waals surface area contributed by atoms with E-state index in [1.165, 1.54) is 11.3 Å². The molecule has 110 valence electrons. The Balaban J connectivity index is 1.59. The Hall–Kier alpha value is -1.65. The number of rotatable bonds is 3. The van der Waals surface area contributed by atoms with Gasteiger partial charge < -0.3 is 10.0 Å². The van der Waals surface area contributed by atoms with E-state index in [4.69, 9.17) is 0 Å². The third kappa shape index (κ3) is 3.17. The zero-order valence-corrected chi connectivity index (χ0v) is 12.6. The molecule has 2 aromatic rings. The fraction of sp³-hybridized carbons (Fsp3) is 0.353. The molecular weight excluding hydrogens is 282 g/mol.